The zero-order valence-electron chi connectivity index (χ0n) is 20.1. The van der Waals surface area contributed by atoms with Crippen molar-refractivity contribution in [3.05, 3.63) is 63.0 Å². The minimum atomic E-state index is -0.295. The monoisotopic (exact) mass is 482 g/mol. The summed E-state index contributed by atoms with van der Waals surface area (Å²) in [5, 5.41) is 3.98. The topological polar surface area (TPSA) is 76.5 Å². The summed E-state index contributed by atoms with van der Waals surface area (Å²) in [6.45, 7) is 6.37. The number of carbonyl (C=O) groups is 1. The minimum absolute atomic E-state index is 0.147. The Morgan fingerprint density at radius 2 is 1.94 bits per heavy atom. The molecule has 2 atom stereocenters. The van der Waals surface area contributed by atoms with E-state index in [1.165, 1.54) is 18.0 Å². The number of ether oxygens (including phenoxy) is 1. The fourth-order valence-electron chi connectivity index (χ4n) is 4.78. The molecule has 1 N–H and O–H groups in total. The number of carbonyl (C=O) groups excluding carboxylic acids is 1. The number of nitrogens with one attached hydrogen (secondary N) is 1. The van der Waals surface area contributed by atoms with Crippen molar-refractivity contribution in [1.29, 1.82) is 0 Å². The molecule has 4 rings (SSSR count). The van der Waals surface area contributed by atoms with Crippen LogP contribution in [0.4, 0.5) is 5.82 Å². The summed E-state index contributed by atoms with van der Waals surface area (Å²) in [4.78, 5) is 31.1. The summed E-state index contributed by atoms with van der Waals surface area (Å²) in [6, 6.07) is 9.76. The molecule has 3 aromatic rings. The van der Waals surface area contributed by atoms with E-state index < -0.39 is 0 Å². The first kappa shape index (κ1) is 24.1. The number of anilines is 1. The van der Waals surface area contributed by atoms with Gasteiger partial charge in [0, 0.05) is 38.8 Å². The Morgan fingerprint density at radius 1 is 1.21 bits per heavy atom. The molecule has 0 aliphatic carbocycles. The number of piperidine rings is 1. The molecule has 1 fully saturated rings. The number of rotatable bonds is 6. The molecule has 1 aromatic carbocycles. The van der Waals surface area contributed by atoms with Crippen molar-refractivity contribution in [2.45, 2.75) is 26.7 Å². The van der Waals surface area contributed by atoms with Crippen LogP contribution in [0.15, 0.2) is 41.3 Å². The summed E-state index contributed by atoms with van der Waals surface area (Å²) in [6.07, 6.45) is 3.62. The van der Waals surface area contributed by atoms with Crippen LogP contribution < -0.4 is 20.5 Å². The largest absolute Gasteiger partial charge is 0.478 e. The molecule has 3 heterocycles. The number of hydrogen-bond donors (Lipinski definition) is 1. The zero-order valence-corrected chi connectivity index (χ0v) is 20.9. The summed E-state index contributed by atoms with van der Waals surface area (Å²) in [5.74, 6) is 2.09. The second-order valence-electron chi connectivity index (χ2n) is 9.39. The smallest absolute Gasteiger partial charge is 0.293 e. The molecule has 0 unspecified atom stereocenters. The van der Waals surface area contributed by atoms with Gasteiger partial charge in [-0.25, -0.2) is 4.98 Å². The number of amides is 1. The van der Waals surface area contributed by atoms with Gasteiger partial charge in [0.1, 0.15) is 5.82 Å². The van der Waals surface area contributed by atoms with Crippen molar-refractivity contribution in [3.63, 3.8) is 0 Å². The lowest BCUT2D eigenvalue weighted by atomic mass is 9.92. The fourth-order valence-corrected chi connectivity index (χ4v) is 4.95. The average Bonchev–Trinajstić information content (AvgIpc) is 2.81. The van der Waals surface area contributed by atoms with Gasteiger partial charge in [0.2, 0.25) is 0 Å². The van der Waals surface area contributed by atoms with E-state index in [0.717, 1.165) is 40.9 Å². The standard InChI is InChI=1S/C26H31ClN4O3/c1-16-7-17(2)14-31(13-16)24-11-19(21(27)12-29-24)8-18-5-6-22-20(9-18)10-23(26(33)30(22)4)34-15-25(32)28-3/h5-6,9-12,16-17H,7-8,13-15H2,1-4H3,(H,28,32)/t16-,17+. The number of aromatic nitrogens is 2. The van der Waals surface area contributed by atoms with E-state index in [1.807, 2.05) is 18.2 Å². The molecular weight excluding hydrogens is 452 g/mol. The van der Waals surface area contributed by atoms with E-state index in [1.54, 1.807) is 19.3 Å². The van der Waals surface area contributed by atoms with Gasteiger partial charge >= 0.3 is 0 Å². The van der Waals surface area contributed by atoms with E-state index in [0.29, 0.717) is 23.3 Å². The van der Waals surface area contributed by atoms with Gasteiger partial charge in [0.05, 0.1) is 10.5 Å². The quantitative estimate of drug-likeness (QED) is 0.578. The molecule has 0 bridgehead atoms. The van der Waals surface area contributed by atoms with Crippen LogP contribution in [0.3, 0.4) is 0 Å². The van der Waals surface area contributed by atoms with Gasteiger partial charge in [-0.2, -0.15) is 0 Å². The van der Waals surface area contributed by atoms with E-state index in [-0.39, 0.29) is 23.8 Å². The van der Waals surface area contributed by atoms with Crippen molar-refractivity contribution in [2.75, 3.05) is 31.6 Å². The van der Waals surface area contributed by atoms with Gasteiger partial charge in [0.25, 0.3) is 11.5 Å². The first-order valence-corrected chi connectivity index (χ1v) is 12.0. The molecule has 180 valence electrons. The Kier molecular flexibility index (Phi) is 7.12. The second-order valence-corrected chi connectivity index (χ2v) is 9.80. The number of nitrogens with zero attached hydrogens (tertiary/aromatic N) is 3. The predicted molar refractivity (Wildman–Crippen MR) is 136 cm³/mol. The minimum Gasteiger partial charge on any atom is -0.478 e. The molecular formula is C26H31ClN4O3. The molecule has 7 nitrogen and oxygen atoms in total. The Labute approximate surface area is 204 Å². The van der Waals surface area contributed by atoms with Gasteiger partial charge in [-0.1, -0.05) is 31.5 Å². The normalized spacial score (nSPS) is 18.2. The number of hydrogen-bond acceptors (Lipinski definition) is 5. The Hall–Kier alpha value is -3.06. The summed E-state index contributed by atoms with van der Waals surface area (Å²) < 4.78 is 7.01. The second kappa shape index (κ2) is 10.1. The SMILES string of the molecule is CNC(=O)COc1cc2cc(Cc3cc(N4C[C@H](C)C[C@H](C)C4)ncc3Cl)ccc2n(C)c1=O. The van der Waals surface area contributed by atoms with Crippen LogP contribution in [0.1, 0.15) is 31.4 Å². The molecule has 1 aliphatic heterocycles. The molecule has 0 radical (unpaired) electrons. The first-order valence-electron chi connectivity index (χ1n) is 11.6. The Bertz CT molecular complexity index is 1260. The van der Waals surface area contributed by atoms with Crippen molar-refractivity contribution in [3.8, 4) is 5.75 Å². The number of fused-ring (bicyclic) bond motifs is 1. The molecule has 8 heteroatoms. The molecule has 0 spiro atoms. The molecule has 1 amide bonds. The number of halogens is 1. The highest BCUT2D eigenvalue weighted by Crippen LogP contribution is 2.29. The van der Waals surface area contributed by atoms with E-state index in [4.69, 9.17) is 16.3 Å². The summed E-state index contributed by atoms with van der Waals surface area (Å²) in [5.41, 5.74) is 2.58. The molecule has 1 saturated heterocycles. The lowest BCUT2D eigenvalue weighted by Gasteiger charge is -2.36. The fraction of sp³-hybridized carbons (Fsp3) is 0.423. The lowest BCUT2D eigenvalue weighted by Crippen LogP contribution is -2.39. The van der Waals surface area contributed by atoms with Crippen LogP contribution in [0.5, 0.6) is 5.75 Å². The maximum Gasteiger partial charge on any atom is 0.293 e. The third-order valence-corrected chi connectivity index (χ3v) is 6.74. The van der Waals surface area contributed by atoms with Crippen LogP contribution in [0, 0.1) is 11.8 Å². The highest BCUT2D eigenvalue weighted by atomic mass is 35.5. The Morgan fingerprint density at radius 3 is 2.65 bits per heavy atom. The maximum absolute atomic E-state index is 12.6. The number of benzene rings is 1. The van der Waals surface area contributed by atoms with E-state index in [2.05, 4.69) is 35.1 Å². The van der Waals surface area contributed by atoms with Crippen LogP contribution in [0.2, 0.25) is 5.02 Å². The summed E-state index contributed by atoms with van der Waals surface area (Å²) in [7, 11) is 3.22. The van der Waals surface area contributed by atoms with Gasteiger partial charge < -0.3 is 19.5 Å². The van der Waals surface area contributed by atoms with Crippen LogP contribution in [-0.4, -0.2) is 42.2 Å². The molecule has 2 aromatic heterocycles. The van der Waals surface area contributed by atoms with Crippen LogP contribution >= 0.6 is 11.6 Å². The average molecular weight is 483 g/mol. The third-order valence-electron chi connectivity index (χ3n) is 6.40. The lowest BCUT2D eigenvalue weighted by molar-refractivity contribution is -0.122. The zero-order chi connectivity index (χ0) is 24.4. The van der Waals surface area contributed by atoms with Gasteiger partial charge in [-0.3, -0.25) is 9.59 Å². The van der Waals surface area contributed by atoms with E-state index >= 15 is 0 Å². The maximum atomic E-state index is 12.6. The van der Waals surface area contributed by atoms with Gasteiger partial charge in [-0.05, 0) is 60.1 Å². The predicted octanol–water partition coefficient (Wildman–Crippen LogP) is 3.78. The molecule has 34 heavy (non-hydrogen) atoms. The number of pyridine rings is 2. The van der Waals surface area contributed by atoms with Gasteiger partial charge in [-0.15, -0.1) is 0 Å². The van der Waals surface area contributed by atoms with Crippen molar-refractivity contribution < 1.29 is 9.53 Å². The highest BCUT2D eigenvalue weighted by molar-refractivity contribution is 6.31. The van der Waals surface area contributed by atoms with Crippen molar-refractivity contribution >= 4 is 34.2 Å². The van der Waals surface area contributed by atoms with Crippen LogP contribution in [0.25, 0.3) is 10.9 Å². The van der Waals surface area contributed by atoms with Gasteiger partial charge in [0.15, 0.2) is 12.4 Å². The van der Waals surface area contributed by atoms with Crippen molar-refractivity contribution in [2.24, 2.45) is 18.9 Å². The summed E-state index contributed by atoms with van der Waals surface area (Å²) >= 11 is 6.53. The van der Waals surface area contributed by atoms with Crippen molar-refractivity contribution in [1.82, 2.24) is 14.9 Å². The molecule has 1 aliphatic rings. The Balaban J connectivity index is 1.62. The first-order chi connectivity index (χ1) is 16.2. The van der Waals surface area contributed by atoms with E-state index in [9.17, 15) is 9.59 Å². The van der Waals surface area contributed by atoms with Crippen LogP contribution in [-0.2, 0) is 18.3 Å². The number of likely N-dealkylation sites (N-methyl/N-ethyl adjacent to an activating group) is 1. The highest BCUT2D eigenvalue weighted by Gasteiger charge is 2.23. The molecule has 0 saturated carbocycles. The number of aryl methyl sites for hydroxylation is 1. The third kappa shape index (κ3) is 5.20.